The summed E-state index contributed by atoms with van der Waals surface area (Å²) in [4.78, 5) is 10.6. The summed E-state index contributed by atoms with van der Waals surface area (Å²) in [6.45, 7) is 1.33. The van der Waals surface area contributed by atoms with Crippen LogP contribution >= 0.6 is 10.7 Å². The molecule has 9 heteroatoms. The third kappa shape index (κ3) is 4.68. The minimum atomic E-state index is -4.98. The summed E-state index contributed by atoms with van der Waals surface area (Å²) in [5.74, 6) is -2.07. The van der Waals surface area contributed by atoms with Crippen molar-refractivity contribution < 1.29 is 26.4 Å². The highest BCUT2D eigenvalue weighted by molar-refractivity contribution is 8.13. The number of amides is 1. The van der Waals surface area contributed by atoms with Gasteiger partial charge in [-0.2, -0.15) is 13.2 Å². The molecule has 4 nitrogen and oxygen atoms in total. The molecule has 1 N–H and O–H groups in total. The fraction of sp³-hybridized carbons (Fsp3) is 0.364. The van der Waals surface area contributed by atoms with Gasteiger partial charge in [0.05, 0.1) is 4.90 Å². The molecule has 0 unspecified atom stereocenters. The lowest BCUT2D eigenvalue weighted by Gasteiger charge is -2.16. The van der Waals surface area contributed by atoms with Gasteiger partial charge in [-0.05, 0) is 25.0 Å². The lowest BCUT2D eigenvalue weighted by molar-refractivity contribution is -0.174. The monoisotopic (exact) mass is 329 g/mol. The van der Waals surface area contributed by atoms with Crippen molar-refractivity contribution in [2.45, 2.75) is 30.5 Å². The van der Waals surface area contributed by atoms with Crippen molar-refractivity contribution in [2.75, 3.05) is 0 Å². The molecule has 1 amide bonds. The molecule has 1 aromatic carbocycles. The van der Waals surface area contributed by atoms with Crippen LogP contribution in [-0.2, 0) is 20.3 Å². The summed E-state index contributed by atoms with van der Waals surface area (Å²) in [5.41, 5.74) is 0.234. The van der Waals surface area contributed by atoms with Crippen molar-refractivity contribution in [2.24, 2.45) is 0 Å². The first-order valence-electron chi connectivity index (χ1n) is 5.42. The zero-order valence-corrected chi connectivity index (χ0v) is 11.8. The van der Waals surface area contributed by atoms with Crippen LogP contribution in [-0.4, -0.2) is 26.5 Å². The van der Waals surface area contributed by atoms with Gasteiger partial charge in [0.25, 0.3) is 9.05 Å². The van der Waals surface area contributed by atoms with Crippen molar-refractivity contribution in [3.8, 4) is 0 Å². The van der Waals surface area contributed by atoms with Crippen LogP contribution in [0.2, 0.25) is 0 Å². The number of rotatable bonds is 4. The quantitative estimate of drug-likeness (QED) is 0.862. The number of carbonyl (C=O) groups excluding carboxylic acids is 1. The van der Waals surface area contributed by atoms with Crippen molar-refractivity contribution in [3.63, 3.8) is 0 Å². The third-order valence-corrected chi connectivity index (χ3v) is 3.82. The molecule has 1 atom stereocenters. The fourth-order valence-electron chi connectivity index (χ4n) is 1.60. The van der Waals surface area contributed by atoms with E-state index >= 15 is 0 Å². The smallest absolute Gasteiger partial charge is 0.345 e. The normalized spacial score (nSPS) is 13.8. The van der Waals surface area contributed by atoms with Gasteiger partial charge in [0, 0.05) is 16.7 Å². The number of hydrogen-bond acceptors (Lipinski definition) is 3. The Morgan fingerprint density at radius 3 is 2.40 bits per heavy atom. The first-order chi connectivity index (χ1) is 9.01. The van der Waals surface area contributed by atoms with Gasteiger partial charge in [0.15, 0.2) is 0 Å². The molecule has 1 rings (SSSR count). The van der Waals surface area contributed by atoms with E-state index in [0.717, 1.165) is 0 Å². The minimum absolute atomic E-state index is 0.0933. The second-order valence-electron chi connectivity index (χ2n) is 4.12. The average molecular weight is 330 g/mol. The zero-order chi connectivity index (χ0) is 15.6. The Bertz CT molecular complexity index is 601. The number of halogens is 4. The Morgan fingerprint density at radius 2 is 1.90 bits per heavy atom. The molecule has 0 aliphatic rings. The van der Waals surface area contributed by atoms with Gasteiger partial charge in [0.2, 0.25) is 0 Å². The van der Waals surface area contributed by atoms with E-state index in [0.29, 0.717) is 0 Å². The molecule has 0 aliphatic heterocycles. The maximum atomic E-state index is 12.1. The molecule has 1 aromatic rings. The third-order valence-electron chi connectivity index (χ3n) is 2.40. The molecular weight excluding hydrogens is 319 g/mol. The number of carbonyl (C=O) groups is 1. The Kier molecular flexibility index (Phi) is 5.04. The van der Waals surface area contributed by atoms with E-state index in [9.17, 15) is 26.4 Å². The zero-order valence-electron chi connectivity index (χ0n) is 10.2. The van der Waals surface area contributed by atoms with Crippen molar-refractivity contribution in [1.29, 1.82) is 0 Å². The molecule has 20 heavy (non-hydrogen) atoms. The lowest BCUT2D eigenvalue weighted by atomic mass is 10.1. The Morgan fingerprint density at radius 1 is 1.35 bits per heavy atom. The van der Waals surface area contributed by atoms with Crippen LogP contribution < -0.4 is 5.32 Å². The molecule has 0 aliphatic carbocycles. The second kappa shape index (κ2) is 6.01. The Balaban J connectivity index is 2.87. The summed E-state index contributed by atoms with van der Waals surface area (Å²) in [6, 6.07) is 4.74. The molecule has 0 saturated heterocycles. The standard InChI is InChI=1S/C11H11ClF3NO3S/c1-7(16-10(17)11(13,14)15)6-8-4-2-3-5-9(8)20(12,18)19/h2-5,7H,6H2,1H3,(H,16,17)/t7-/m1/s1. The largest absolute Gasteiger partial charge is 0.471 e. The maximum Gasteiger partial charge on any atom is 0.471 e. The van der Waals surface area contributed by atoms with Gasteiger partial charge in [-0.25, -0.2) is 8.42 Å². The first-order valence-corrected chi connectivity index (χ1v) is 7.73. The molecule has 0 heterocycles. The summed E-state index contributed by atoms with van der Waals surface area (Å²) in [6.07, 6.45) is -5.07. The topological polar surface area (TPSA) is 63.2 Å². The average Bonchev–Trinajstić information content (AvgIpc) is 2.26. The summed E-state index contributed by atoms with van der Waals surface area (Å²) in [5, 5.41) is 1.75. The predicted molar refractivity (Wildman–Crippen MR) is 66.8 cm³/mol. The first kappa shape index (κ1) is 16.8. The SMILES string of the molecule is C[C@H](Cc1ccccc1S(=O)(=O)Cl)NC(=O)C(F)(F)F. The molecule has 0 radical (unpaired) electrons. The Hall–Kier alpha value is -1.28. The van der Waals surface area contributed by atoms with Gasteiger partial charge >= 0.3 is 12.1 Å². The number of hydrogen-bond donors (Lipinski definition) is 1. The van der Waals surface area contributed by atoms with Crippen LogP contribution in [0.4, 0.5) is 13.2 Å². The molecule has 0 fully saturated rings. The number of alkyl halides is 3. The number of benzene rings is 1. The van der Waals surface area contributed by atoms with E-state index in [-0.39, 0.29) is 16.9 Å². The highest BCUT2D eigenvalue weighted by atomic mass is 35.7. The number of nitrogens with one attached hydrogen (secondary N) is 1. The van der Waals surface area contributed by atoms with Crippen LogP contribution in [0.5, 0.6) is 0 Å². The minimum Gasteiger partial charge on any atom is -0.345 e. The highest BCUT2D eigenvalue weighted by Crippen LogP contribution is 2.21. The van der Waals surface area contributed by atoms with E-state index in [1.165, 1.54) is 31.2 Å². The molecule has 112 valence electrons. The maximum absolute atomic E-state index is 12.1. The molecular formula is C11H11ClF3NO3S. The van der Waals surface area contributed by atoms with E-state index in [1.807, 2.05) is 0 Å². The van der Waals surface area contributed by atoms with Gasteiger partial charge in [-0.1, -0.05) is 18.2 Å². The van der Waals surface area contributed by atoms with Crippen molar-refractivity contribution in [1.82, 2.24) is 5.32 Å². The van der Waals surface area contributed by atoms with Crippen molar-refractivity contribution >= 4 is 25.6 Å². The van der Waals surface area contributed by atoms with Gasteiger partial charge in [-0.3, -0.25) is 4.79 Å². The van der Waals surface area contributed by atoms with Gasteiger partial charge in [0.1, 0.15) is 0 Å². The summed E-state index contributed by atoms with van der Waals surface area (Å²) in [7, 11) is 1.23. The van der Waals surface area contributed by atoms with E-state index in [4.69, 9.17) is 10.7 Å². The van der Waals surface area contributed by atoms with Crippen LogP contribution in [0, 0.1) is 0 Å². The van der Waals surface area contributed by atoms with Crippen LogP contribution in [0.3, 0.4) is 0 Å². The predicted octanol–water partition coefficient (Wildman–Crippen LogP) is 2.22. The fourth-order valence-corrected chi connectivity index (χ4v) is 2.75. The summed E-state index contributed by atoms with van der Waals surface area (Å²) < 4.78 is 58.9. The summed E-state index contributed by atoms with van der Waals surface area (Å²) >= 11 is 0. The van der Waals surface area contributed by atoms with Gasteiger partial charge < -0.3 is 5.32 Å². The van der Waals surface area contributed by atoms with E-state index in [1.54, 1.807) is 5.32 Å². The van der Waals surface area contributed by atoms with Crippen LogP contribution in [0.15, 0.2) is 29.2 Å². The van der Waals surface area contributed by atoms with Gasteiger partial charge in [-0.15, -0.1) is 0 Å². The molecule has 0 spiro atoms. The molecule has 0 saturated carbocycles. The van der Waals surface area contributed by atoms with E-state index in [2.05, 4.69) is 0 Å². The Labute approximate surface area is 118 Å². The van der Waals surface area contributed by atoms with Crippen LogP contribution in [0.25, 0.3) is 0 Å². The molecule has 0 bridgehead atoms. The van der Waals surface area contributed by atoms with E-state index < -0.39 is 27.2 Å². The van der Waals surface area contributed by atoms with Crippen LogP contribution in [0.1, 0.15) is 12.5 Å². The molecule has 0 aromatic heterocycles. The van der Waals surface area contributed by atoms with Crippen molar-refractivity contribution in [3.05, 3.63) is 29.8 Å². The second-order valence-corrected chi connectivity index (χ2v) is 6.66. The lowest BCUT2D eigenvalue weighted by Crippen LogP contribution is -2.42. The highest BCUT2D eigenvalue weighted by Gasteiger charge is 2.39.